The fourth-order valence-corrected chi connectivity index (χ4v) is 1.48. The smallest absolute Gasteiger partial charge is 0.260 e. The predicted octanol–water partition coefficient (Wildman–Crippen LogP) is 2.19. The molecular formula is C11H13N3O. The van der Waals surface area contributed by atoms with E-state index in [0.717, 1.165) is 17.5 Å². The number of nitrogens with two attached hydrogens (primary N) is 1. The van der Waals surface area contributed by atoms with Crippen molar-refractivity contribution in [2.75, 3.05) is 5.73 Å². The van der Waals surface area contributed by atoms with E-state index in [4.69, 9.17) is 10.3 Å². The number of rotatable bonds is 2. The Hall–Kier alpha value is -1.84. The molecule has 2 aromatic rings. The van der Waals surface area contributed by atoms with E-state index in [2.05, 4.69) is 10.1 Å². The lowest BCUT2D eigenvalue weighted by molar-refractivity contribution is 0.423. The summed E-state index contributed by atoms with van der Waals surface area (Å²) in [4.78, 5) is 4.26. The zero-order chi connectivity index (χ0) is 10.8. The van der Waals surface area contributed by atoms with Crippen molar-refractivity contribution < 1.29 is 4.52 Å². The molecule has 1 aromatic heterocycles. The number of anilines is 1. The number of benzene rings is 1. The monoisotopic (exact) mass is 203 g/mol. The van der Waals surface area contributed by atoms with Gasteiger partial charge in [0.1, 0.15) is 0 Å². The second-order valence-corrected chi connectivity index (χ2v) is 3.41. The van der Waals surface area contributed by atoms with Crippen LogP contribution in [-0.2, 0) is 6.42 Å². The topological polar surface area (TPSA) is 64.9 Å². The Balaban J connectivity index is 2.53. The van der Waals surface area contributed by atoms with E-state index >= 15 is 0 Å². The van der Waals surface area contributed by atoms with Crippen molar-refractivity contribution in [3.63, 3.8) is 0 Å². The number of aryl methyl sites for hydroxylation is 2. The highest BCUT2D eigenvalue weighted by atomic mass is 16.5. The highest BCUT2D eigenvalue weighted by molar-refractivity contribution is 5.73. The van der Waals surface area contributed by atoms with Gasteiger partial charge in [-0.25, -0.2) is 0 Å². The van der Waals surface area contributed by atoms with Crippen molar-refractivity contribution in [1.82, 2.24) is 10.1 Å². The Labute approximate surface area is 88.1 Å². The molecule has 4 heteroatoms. The minimum absolute atomic E-state index is 0.502. The van der Waals surface area contributed by atoms with E-state index in [1.807, 2.05) is 32.0 Å². The SMILES string of the molecule is CCc1noc(-c2c(C)cccc2N)n1. The van der Waals surface area contributed by atoms with E-state index in [1.165, 1.54) is 0 Å². The number of nitrogen functional groups attached to an aromatic ring is 1. The summed E-state index contributed by atoms with van der Waals surface area (Å²) >= 11 is 0. The van der Waals surface area contributed by atoms with Crippen molar-refractivity contribution in [2.24, 2.45) is 0 Å². The molecule has 0 spiro atoms. The third-order valence-corrected chi connectivity index (χ3v) is 2.30. The van der Waals surface area contributed by atoms with Gasteiger partial charge in [-0.15, -0.1) is 0 Å². The van der Waals surface area contributed by atoms with Crippen molar-refractivity contribution in [1.29, 1.82) is 0 Å². The van der Waals surface area contributed by atoms with Gasteiger partial charge in [0, 0.05) is 12.1 Å². The largest absolute Gasteiger partial charge is 0.398 e. The van der Waals surface area contributed by atoms with E-state index in [-0.39, 0.29) is 0 Å². The van der Waals surface area contributed by atoms with Gasteiger partial charge < -0.3 is 10.3 Å². The zero-order valence-electron chi connectivity index (χ0n) is 8.82. The van der Waals surface area contributed by atoms with Crippen molar-refractivity contribution in [2.45, 2.75) is 20.3 Å². The second-order valence-electron chi connectivity index (χ2n) is 3.41. The molecule has 0 saturated carbocycles. The molecular weight excluding hydrogens is 190 g/mol. The van der Waals surface area contributed by atoms with E-state index in [0.29, 0.717) is 17.4 Å². The molecule has 78 valence electrons. The molecule has 4 nitrogen and oxygen atoms in total. The summed E-state index contributed by atoms with van der Waals surface area (Å²) in [6.45, 7) is 3.96. The molecule has 0 unspecified atom stereocenters. The summed E-state index contributed by atoms with van der Waals surface area (Å²) in [5.74, 6) is 1.20. The van der Waals surface area contributed by atoms with Gasteiger partial charge in [-0.3, -0.25) is 0 Å². The third-order valence-electron chi connectivity index (χ3n) is 2.30. The van der Waals surface area contributed by atoms with Crippen LogP contribution in [0.3, 0.4) is 0 Å². The lowest BCUT2D eigenvalue weighted by atomic mass is 10.1. The number of aromatic nitrogens is 2. The van der Waals surface area contributed by atoms with Crippen molar-refractivity contribution in [3.8, 4) is 11.5 Å². The predicted molar refractivity (Wildman–Crippen MR) is 58.3 cm³/mol. The first kappa shape index (κ1) is 9.71. The molecule has 0 aliphatic heterocycles. The molecule has 0 saturated heterocycles. The Morgan fingerprint density at radius 2 is 2.20 bits per heavy atom. The molecule has 0 atom stereocenters. The summed E-state index contributed by atoms with van der Waals surface area (Å²) in [6.07, 6.45) is 0.759. The minimum Gasteiger partial charge on any atom is -0.398 e. The van der Waals surface area contributed by atoms with E-state index in [9.17, 15) is 0 Å². The lowest BCUT2D eigenvalue weighted by Gasteiger charge is -2.03. The standard InChI is InChI=1S/C11H13N3O/c1-3-9-13-11(15-14-9)10-7(2)5-4-6-8(10)12/h4-6H,3,12H2,1-2H3. The van der Waals surface area contributed by atoms with Crippen LogP contribution in [0, 0.1) is 6.92 Å². The third kappa shape index (κ3) is 1.70. The first-order chi connectivity index (χ1) is 7.22. The maximum Gasteiger partial charge on any atom is 0.260 e. The van der Waals surface area contributed by atoms with Gasteiger partial charge in [0.2, 0.25) is 0 Å². The average molecular weight is 203 g/mol. The first-order valence-corrected chi connectivity index (χ1v) is 4.90. The molecule has 0 aliphatic carbocycles. The van der Waals surface area contributed by atoms with E-state index in [1.54, 1.807) is 0 Å². The van der Waals surface area contributed by atoms with Crippen LogP contribution in [0.2, 0.25) is 0 Å². The molecule has 1 aromatic carbocycles. The average Bonchev–Trinajstić information content (AvgIpc) is 2.66. The Bertz CT molecular complexity index is 456. The summed E-state index contributed by atoms with van der Waals surface area (Å²) in [5, 5.41) is 3.85. The molecule has 0 amide bonds. The quantitative estimate of drug-likeness (QED) is 0.760. The van der Waals surface area contributed by atoms with Gasteiger partial charge in [-0.05, 0) is 18.6 Å². The second kappa shape index (κ2) is 3.73. The van der Waals surface area contributed by atoms with Crippen LogP contribution >= 0.6 is 0 Å². The van der Waals surface area contributed by atoms with Crippen LogP contribution in [-0.4, -0.2) is 10.1 Å². The number of hydrogen-bond donors (Lipinski definition) is 1. The normalized spacial score (nSPS) is 10.5. The molecule has 2 rings (SSSR count). The van der Waals surface area contributed by atoms with Gasteiger partial charge >= 0.3 is 0 Å². The highest BCUT2D eigenvalue weighted by Gasteiger charge is 2.12. The van der Waals surface area contributed by atoms with Crippen LogP contribution in [0.25, 0.3) is 11.5 Å². The van der Waals surface area contributed by atoms with Gasteiger partial charge in [0.25, 0.3) is 5.89 Å². The van der Waals surface area contributed by atoms with Gasteiger partial charge in [0.05, 0.1) is 5.56 Å². The maximum atomic E-state index is 5.88. The first-order valence-electron chi connectivity index (χ1n) is 4.90. The van der Waals surface area contributed by atoms with Crippen LogP contribution in [0.1, 0.15) is 18.3 Å². The fraction of sp³-hybridized carbons (Fsp3) is 0.273. The van der Waals surface area contributed by atoms with Crippen LogP contribution in [0.15, 0.2) is 22.7 Å². The molecule has 2 N–H and O–H groups in total. The number of nitrogens with zero attached hydrogens (tertiary/aromatic N) is 2. The van der Waals surface area contributed by atoms with Gasteiger partial charge in [-0.2, -0.15) is 4.98 Å². The molecule has 0 bridgehead atoms. The molecule has 15 heavy (non-hydrogen) atoms. The molecule has 0 radical (unpaired) electrons. The fourth-order valence-electron chi connectivity index (χ4n) is 1.48. The van der Waals surface area contributed by atoms with Crippen molar-refractivity contribution in [3.05, 3.63) is 29.6 Å². The summed E-state index contributed by atoms with van der Waals surface area (Å²) < 4.78 is 5.16. The van der Waals surface area contributed by atoms with Gasteiger partial charge in [-0.1, -0.05) is 24.2 Å². The lowest BCUT2D eigenvalue weighted by Crippen LogP contribution is -1.93. The zero-order valence-corrected chi connectivity index (χ0v) is 8.82. The van der Waals surface area contributed by atoms with Crippen LogP contribution < -0.4 is 5.73 Å². The summed E-state index contributed by atoms with van der Waals surface area (Å²) in [5.41, 5.74) is 8.42. The highest BCUT2D eigenvalue weighted by Crippen LogP contribution is 2.27. The maximum absolute atomic E-state index is 5.88. The van der Waals surface area contributed by atoms with Crippen LogP contribution in [0.4, 0.5) is 5.69 Å². The van der Waals surface area contributed by atoms with Crippen LogP contribution in [0.5, 0.6) is 0 Å². The molecule has 0 aliphatic rings. The van der Waals surface area contributed by atoms with E-state index < -0.39 is 0 Å². The molecule has 0 fully saturated rings. The van der Waals surface area contributed by atoms with Gasteiger partial charge in [0.15, 0.2) is 5.82 Å². The Kier molecular flexibility index (Phi) is 2.41. The van der Waals surface area contributed by atoms with Crippen molar-refractivity contribution >= 4 is 5.69 Å². The molecule has 1 heterocycles. The summed E-state index contributed by atoms with van der Waals surface area (Å²) in [7, 11) is 0. The number of hydrogen-bond acceptors (Lipinski definition) is 4. The summed E-state index contributed by atoms with van der Waals surface area (Å²) in [6, 6.07) is 5.71. The Morgan fingerprint density at radius 1 is 1.40 bits per heavy atom. The minimum atomic E-state index is 0.502. The Morgan fingerprint density at radius 3 is 2.80 bits per heavy atom.